The number of halogens is 2. The molecule has 12 heteroatoms. The monoisotopic (exact) mass is 393 g/mol. The number of anilines is 1. The number of alkyl halides is 2. The van der Waals surface area contributed by atoms with E-state index in [1.54, 1.807) is 0 Å². The number of aliphatic hydroxyl groups excluding tert-OH is 2. The van der Waals surface area contributed by atoms with Crippen LogP contribution < -0.4 is 11.4 Å². The van der Waals surface area contributed by atoms with Gasteiger partial charge in [-0.2, -0.15) is 13.8 Å². The second-order valence-electron chi connectivity index (χ2n) is 5.56. The summed E-state index contributed by atoms with van der Waals surface area (Å²) in [6.07, 6.45) is -3.56. The smallest absolute Gasteiger partial charge is 0.434 e. The highest BCUT2D eigenvalue weighted by atomic mass is 19.3. The quantitative estimate of drug-likeness (QED) is 0.393. The lowest BCUT2D eigenvalue weighted by Gasteiger charge is -2.25. The number of carbonyl (C=O) groups excluding carboxylic acids is 2. The van der Waals surface area contributed by atoms with Crippen molar-refractivity contribution in [1.82, 2.24) is 9.55 Å². The van der Waals surface area contributed by atoms with E-state index in [0.29, 0.717) is 12.6 Å². The first-order chi connectivity index (χ1) is 12.6. The van der Waals surface area contributed by atoms with Crippen molar-refractivity contribution in [3.8, 4) is 0 Å². The molecule has 1 aromatic heterocycles. The van der Waals surface area contributed by atoms with Gasteiger partial charge in [-0.05, 0) is 12.5 Å². The van der Waals surface area contributed by atoms with Gasteiger partial charge in [0.25, 0.3) is 0 Å². The molecule has 152 valence electrons. The SMILES string of the molecule is CCCCCOC(=O)OC[C@@H](O)[C@@H](O)C(F)(F)C(=O)n1ccc(N)nc1=O. The molecule has 4 N–H and O–H groups in total. The zero-order valence-electron chi connectivity index (χ0n) is 14.5. The molecule has 0 saturated carbocycles. The summed E-state index contributed by atoms with van der Waals surface area (Å²) in [5.41, 5.74) is 3.81. The van der Waals surface area contributed by atoms with Crippen molar-refractivity contribution in [3.05, 3.63) is 22.7 Å². The van der Waals surface area contributed by atoms with E-state index in [0.717, 1.165) is 18.9 Å². The summed E-state index contributed by atoms with van der Waals surface area (Å²) in [6, 6.07) is 0.926. The number of rotatable bonds is 9. The molecule has 0 amide bonds. The summed E-state index contributed by atoms with van der Waals surface area (Å²) in [5, 5.41) is 19.2. The van der Waals surface area contributed by atoms with Gasteiger partial charge in [-0.3, -0.25) is 4.79 Å². The first-order valence-electron chi connectivity index (χ1n) is 8.04. The molecule has 1 rings (SSSR count). The molecule has 27 heavy (non-hydrogen) atoms. The standard InChI is InChI=1S/C15H21F2N3O7/c1-2-3-4-7-26-14(25)27-8-9(21)11(22)15(16,17)12(23)20-6-5-10(18)19-13(20)24/h5-6,9,11,21-22H,2-4,7-8H2,1H3,(H2,18,19,24)/t9-,11-/m1/s1. The van der Waals surface area contributed by atoms with Crippen molar-refractivity contribution in [2.24, 2.45) is 0 Å². The van der Waals surface area contributed by atoms with E-state index in [1.807, 2.05) is 6.92 Å². The van der Waals surface area contributed by atoms with Crippen molar-refractivity contribution in [2.75, 3.05) is 18.9 Å². The highest BCUT2D eigenvalue weighted by Crippen LogP contribution is 2.23. The Morgan fingerprint density at radius 1 is 1.33 bits per heavy atom. The summed E-state index contributed by atoms with van der Waals surface area (Å²) in [4.78, 5) is 37.7. The summed E-state index contributed by atoms with van der Waals surface area (Å²) in [7, 11) is 0. The summed E-state index contributed by atoms with van der Waals surface area (Å²) < 4.78 is 37.2. The third-order valence-electron chi connectivity index (χ3n) is 3.40. The second kappa shape index (κ2) is 9.92. The summed E-state index contributed by atoms with van der Waals surface area (Å²) in [6.45, 7) is 0.935. The number of nitrogens with zero attached hydrogens (tertiary/aromatic N) is 2. The molecule has 1 heterocycles. The molecule has 1 aromatic rings. The van der Waals surface area contributed by atoms with E-state index < -0.39 is 42.5 Å². The predicted octanol–water partition coefficient (Wildman–Crippen LogP) is 0.166. The maximum Gasteiger partial charge on any atom is 0.508 e. The Morgan fingerprint density at radius 3 is 2.59 bits per heavy atom. The second-order valence-corrected chi connectivity index (χ2v) is 5.56. The fourth-order valence-corrected chi connectivity index (χ4v) is 1.89. The van der Waals surface area contributed by atoms with Gasteiger partial charge in [0, 0.05) is 6.20 Å². The fourth-order valence-electron chi connectivity index (χ4n) is 1.89. The Labute approximate surface area is 152 Å². The van der Waals surface area contributed by atoms with Crippen LogP contribution in [-0.2, 0) is 9.47 Å². The van der Waals surface area contributed by atoms with E-state index >= 15 is 0 Å². The van der Waals surface area contributed by atoms with Gasteiger partial charge in [0.1, 0.15) is 18.5 Å². The molecule has 2 atom stereocenters. The van der Waals surface area contributed by atoms with Gasteiger partial charge < -0.3 is 25.4 Å². The first kappa shape index (κ1) is 22.4. The highest BCUT2D eigenvalue weighted by Gasteiger charge is 2.51. The minimum atomic E-state index is -4.57. The van der Waals surface area contributed by atoms with E-state index in [9.17, 15) is 33.4 Å². The van der Waals surface area contributed by atoms with Gasteiger partial charge in [-0.15, -0.1) is 0 Å². The van der Waals surface area contributed by atoms with Gasteiger partial charge in [-0.25, -0.2) is 14.2 Å². The van der Waals surface area contributed by atoms with Crippen LogP contribution in [0, 0.1) is 0 Å². The Hall–Kier alpha value is -2.60. The molecule has 0 aliphatic rings. The minimum absolute atomic E-state index is 0.0486. The molecule has 0 bridgehead atoms. The van der Waals surface area contributed by atoms with Crippen LogP contribution in [0.15, 0.2) is 17.1 Å². The fraction of sp³-hybridized carbons (Fsp3) is 0.600. The average molecular weight is 393 g/mol. The van der Waals surface area contributed by atoms with Crippen molar-refractivity contribution >= 4 is 17.9 Å². The van der Waals surface area contributed by atoms with Crippen LogP contribution in [0.3, 0.4) is 0 Å². The number of nitrogen functional groups attached to an aromatic ring is 1. The van der Waals surface area contributed by atoms with E-state index in [-0.39, 0.29) is 17.0 Å². The molecule has 0 radical (unpaired) electrons. The van der Waals surface area contributed by atoms with Crippen molar-refractivity contribution < 1.29 is 38.1 Å². The Kier molecular flexibility index (Phi) is 8.25. The lowest BCUT2D eigenvalue weighted by Crippen LogP contribution is -2.53. The Balaban J connectivity index is 2.66. The number of carbonyl (C=O) groups is 2. The van der Waals surface area contributed by atoms with Crippen molar-refractivity contribution in [1.29, 1.82) is 0 Å². The van der Waals surface area contributed by atoms with Crippen LogP contribution in [0.1, 0.15) is 31.0 Å². The number of nitrogens with two attached hydrogens (primary N) is 1. The summed E-state index contributed by atoms with van der Waals surface area (Å²) in [5.74, 6) is -7.00. The zero-order chi connectivity index (χ0) is 20.6. The lowest BCUT2D eigenvalue weighted by atomic mass is 10.1. The number of ether oxygens (including phenoxy) is 2. The van der Waals surface area contributed by atoms with Crippen molar-refractivity contribution in [2.45, 2.75) is 44.3 Å². The van der Waals surface area contributed by atoms with E-state index in [4.69, 9.17) is 5.73 Å². The Bertz CT molecular complexity index is 711. The molecule has 10 nitrogen and oxygen atoms in total. The lowest BCUT2D eigenvalue weighted by molar-refractivity contribution is -0.139. The van der Waals surface area contributed by atoms with Crippen LogP contribution in [-0.4, -0.2) is 63.2 Å². The van der Waals surface area contributed by atoms with Gasteiger partial charge in [0.15, 0.2) is 6.10 Å². The van der Waals surface area contributed by atoms with Gasteiger partial charge in [0.05, 0.1) is 6.61 Å². The van der Waals surface area contributed by atoms with E-state index in [1.165, 1.54) is 0 Å². The maximum atomic E-state index is 14.1. The molecule has 0 unspecified atom stereocenters. The number of aliphatic hydroxyl groups is 2. The number of hydrogen-bond donors (Lipinski definition) is 3. The molecule has 0 saturated heterocycles. The van der Waals surface area contributed by atoms with Crippen LogP contribution in [0.4, 0.5) is 19.4 Å². The molecule has 0 aliphatic heterocycles. The highest BCUT2D eigenvalue weighted by molar-refractivity contribution is 5.86. The number of hydrogen-bond acceptors (Lipinski definition) is 9. The molecule has 0 fully saturated rings. The normalized spacial score (nSPS) is 13.7. The zero-order valence-corrected chi connectivity index (χ0v) is 14.5. The van der Waals surface area contributed by atoms with Gasteiger partial charge >= 0.3 is 23.7 Å². The largest absolute Gasteiger partial charge is 0.508 e. The third-order valence-corrected chi connectivity index (χ3v) is 3.40. The summed E-state index contributed by atoms with van der Waals surface area (Å²) >= 11 is 0. The van der Waals surface area contributed by atoms with Crippen LogP contribution in [0.25, 0.3) is 0 Å². The minimum Gasteiger partial charge on any atom is -0.434 e. The van der Waals surface area contributed by atoms with E-state index in [2.05, 4.69) is 14.5 Å². The number of unbranched alkanes of at least 4 members (excludes halogenated alkanes) is 2. The average Bonchev–Trinajstić information content (AvgIpc) is 2.62. The molecule has 0 aromatic carbocycles. The van der Waals surface area contributed by atoms with Crippen molar-refractivity contribution in [3.63, 3.8) is 0 Å². The van der Waals surface area contributed by atoms with Crippen LogP contribution in [0.2, 0.25) is 0 Å². The molecular weight excluding hydrogens is 372 g/mol. The Morgan fingerprint density at radius 2 is 2.00 bits per heavy atom. The number of aromatic nitrogens is 2. The van der Waals surface area contributed by atoms with Gasteiger partial charge in [0.2, 0.25) is 0 Å². The maximum absolute atomic E-state index is 14.1. The molecular formula is C15H21F2N3O7. The topological polar surface area (TPSA) is 154 Å². The van der Waals surface area contributed by atoms with Crippen LogP contribution in [0.5, 0.6) is 0 Å². The predicted molar refractivity (Wildman–Crippen MR) is 87.3 cm³/mol. The first-order valence-corrected chi connectivity index (χ1v) is 8.04. The van der Waals surface area contributed by atoms with Gasteiger partial charge in [-0.1, -0.05) is 19.8 Å². The molecule has 0 aliphatic carbocycles. The third kappa shape index (κ3) is 6.25. The molecule has 0 spiro atoms. The van der Waals surface area contributed by atoms with Crippen LogP contribution >= 0.6 is 0 Å².